The number of halogens is 1. The van der Waals surface area contributed by atoms with E-state index < -0.39 is 0 Å². The minimum absolute atomic E-state index is 0.316. The predicted molar refractivity (Wildman–Crippen MR) is 78.7 cm³/mol. The Hall–Kier alpha value is -0.730. The molecule has 0 aromatic heterocycles. The molecule has 0 spiro atoms. The van der Waals surface area contributed by atoms with E-state index in [0.29, 0.717) is 6.10 Å². The van der Waals surface area contributed by atoms with E-state index in [1.54, 1.807) is 0 Å². The molecule has 18 heavy (non-hydrogen) atoms. The molecule has 0 bridgehead atoms. The van der Waals surface area contributed by atoms with E-state index in [9.17, 15) is 0 Å². The van der Waals surface area contributed by atoms with Crippen molar-refractivity contribution in [2.45, 2.75) is 39.7 Å². The SMILES string of the molecule is CC.Cc1ccc(OC2CCN(C)CC2)c(Cl)c1. The molecule has 0 saturated carbocycles. The van der Waals surface area contributed by atoms with Crippen LogP contribution < -0.4 is 4.74 Å². The third-order valence-electron chi connectivity index (χ3n) is 3.05. The second-order valence-electron chi connectivity index (χ2n) is 4.55. The molecular formula is C15H24ClNO. The summed E-state index contributed by atoms with van der Waals surface area (Å²) < 4.78 is 5.93. The predicted octanol–water partition coefficient (Wildman–Crippen LogP) is 4.15. The number of hydrogen-bond acceptors (Lipinski definition) is 2. The molecule has 102 valence electrons. The number of nitrogens with zero attached hydrogens (tertiary/aromatic N) is 1. The Morgan fingerprint density at radius 3 is 2.39 bits per heavy atom. The molecule has 1 saturated heterocycles. The molecule has 1 aliphatic rings. The molecule has 0 atom stereocenters. The van der Waals surface area contributed by atoms with Gasteiger partial charge in [-0.15, -0.1) is 0 Å². The second kappa shape index (κ2) is 7.65. The van der Waals surface area contributed by atoms with Gasteiger partial charge in [-0.1, -0.05) is 31.5 Å². The molecule has 1 aromatic carbocycles. The number of ether oxygens (including phenoxy) is 1. The molecule has 3 heteroatoms. The van der Waals surface area contributed by atoms with E-state index in [1.807, 2.05) is 39.0 Å². The topological polar surface area (TPSA) is 12.5 Å². The van der Waals surface area contributed by atoms with Crippen LogP contribution in [0.2, 0.25) is 5.02 Å². The first-order valence-electron chi connectivity index (χ1n) is 6.76. The van der Waals surface area contributed by atoms with Crippen molar-refractivity contribution in [1.29, 1.82) is 0 Å². The van der Waals surface area contributed by atoms with Gasteiger partial charge in [0.25, 0.3) is 0 Å². The lowest BCUT2D eigenvalue weighted by Gasteiger charge is -2.29. The Balaban J connectivity index is 0.000000771. The number of piperidine rings is 1. The van der Waals surface area contributed by atoms with Crippen LogP contribution in [0, 0.1) is 6.92 Å². The third-order valence-corrected chi connectivity index (χ3v) is 3.34. The summed E-state index contributed by atoms with van der Waals surface area (Å²) in [5, 5.41) is 0.721. The Morgan fingerprint density at radius 2 is 1.83 bits per heavy atom. The average Bonchev–Trinajstić information content (AvgIpc) is 2.38. The zero-order chi connectivity index (χ0) is 13.5. The summed E-state index contributed by atoms with van der Waals surface area (Å²) >= 11 is 6.14. The molecule has 2 rings (SSSR count). The molecule has 1 aromatic rings. The lowest BCUT2D eigenvalue weighted by atomic mass is 10.1. The maximum atomic E-state index is 6.14. The second-order valence-corrected chi connectivity index (χ2v) is 4.96. The number of likely N-dealkylation sites (tertiary alicyclic amines) is 1. The monoisotopic (exact) mass is 269 g/mol. The Labute approximate surface area is 116 Å². The van der Waals surface area contributed by atoms with E-state index in [2.05, 4.69) is 11.9 Å². The van der Waals surface area contributed by atoms with Gasteiger partial charge in [0.15, 0.2) is 0 Å². The maximum absolute atomic E-state index is 6.14. The van der Waals surface area contributed by atoms with E-state index in [0.717, 1.165) is 36.7 Å². The van der Waals surface area contributed by atoms with Gasteiger partial charge in [0.2, 0.25) is 0 Å². The highest BCUT2D eigenvalue weighted by atomic mass is 35.5. The van der Waals surface area contributed by atoms with Crippen LogP contribution in [0.5, 0.6) is 5.75 Å². The van der Waals surface area contributed by atoms with Crippen LogP contribution >= 0.6 is 11.6 Å². The smallest absolute Gasteiger partial charge is 0.138 e. The van der Waals surface area contributed by atoms with E-state index in [1.165, 1.54) is 5.56 Å². The van der Waals surface area contributed by atoms with Crippen LogP contribution in [0.1, 0.15) is 32.3 Å². The Kier molecular flexibility index (Phi) is 6.51. The van der Waals surface area contributed by atoms with Gasteiger partial charge in [-0.2, -0.15) is 0 Å². The molecule has 1 aliphatic heterocycles. The normalized spacial score (nSPS) is 16.9. The maximum Gasteiger partial charge on any atom is 0.138 e. The van der Waals surface area contributed by atoms with Crippen molar-refractivity contribution in [2.24, 2.45) is 0 Å². The fourth-order valence-electron chi connectivity index (χ4n) is 1.98. The summed E-state index contributed by atoms with van der Waals surface area (Å²) in [4.78, 5) is 2.33. The largest absolute Gasteiger partial charge is 0.489 e. The van der Waals surface area contributed by atoms with E-state index >= 15 is 0 Å². The van der Waals surface area contributed by atoms with Gasteiger partial charge >= 0.3 is 0 Å². The first-order chi connectivity index (χ1) is 8.65. The Bertz CT molecular complexity index is 360. The van der Waals surface area contributed by atoms with Crippen molar-refractivity contribution < 1.29 is 4.74 Å². The fourth-order valence-corrected chi connectivity index (χ4v) is 2.26. The summed E-state index contributed by atoms with van der Waals surface area (Å²) in [6.45, 7) is 8.24. The summed E-state index contributed by atoms with van der Waals surface area (Å²) in [6, 6.07) is 5.96. The van der Waals surface area contributed by atoms with Crippen LogP contribution in [0.4, 0.5) is 0 Å². The van der Waals surface area contributed by atoms with Gasteiger partial charge in [0.05, 0.1) is 5.02 Å². The van der Waals surface area contributed by atoms with Crippen molar-refractivity contribution in [3.63, 3.8) is 0 Å². The minimum Gasteiger partial charge on any atom is -0.489 e. The van der Waals surface area contributed by atoms with Gasteiger partial charge in [-0.3, -0.25) is 0 Å². The lowest BCUT2D eigenvalue weighted by molar-refractivity contribution is 0.114. The zero-order valence-corrected chi connectivity index (χ0v) is 12.6. The summed E-state index contributed by atoms with van der Waals surface area (Å²) in [5.74, 6) is 0.821. The lowest BCUT2D eigenvalue weighted by Crippen LogP contribution is -2.35. The van der Waals surface area contributed by atoms with Gasteiger partial charge in [-0.05, 0) is 44.5 Å². The van der Waals surface area contributed by atoms with Gasteiger partial charge in [-0.25, -0.2) is 0 Å². The average molecular weight is 270 g/mol. The van der Waals surface area contributed by atoms with Crippen molar-refractivity contribution >= 4 is 11.6 Å². The van der Waals surface area contributed by atoms with Crippen LogP contribution in [0.3, 0.4) is 0 Å². The molecule has 1 heterocycles. The highest BCUT2D eigenvalue weighted by Gasteiger charge is 2.18. The fraction of sp³-hybridized carbons (Fsp3) is 0.600. The quantitative estimate of drug-likeness (QED) is 0.800. The molecular weight excluding hydrogens is 246 g/mol. The van der Waals surface area contributed by atoms with Crippen molar-refractivity contribution in [3.8, 4) is 5.75 Å². The summed E-state index contributed by atoms with van der Waals surface area (Å²) in [5.41, 5.74) is 1.17. The summed E-state index contributed by atoms with van der Waals surface area (Å²) in [7, 11) is 2.15. The minimum atomic E-state index is 0.316. The van der Waals surface area contributed by atoms with Crippen LogP contribution in [0.25, 0.3) is 0 Å². The number of benzene rings is 1. The summed E-state index contributed by atoms with van der Waals surface area (Å²) in [6.07, 6.45) is 2.48. The molecule has 0 unspecified atom stereocenters. The highest BCUT2D eigenvalue weighted by molar-refractivity contribution is 6.32. The van der Waals surface area contributed by atoms with Gasteiger partial charge < -0.3 is 9.64 Å². The number of hydrogen-bond donors (Lipinski definition) is 0. The first-order valence-corrected chi connectivity index (χ1v) is 7.14. The first kappa shape index (κ1) is 15.3. The number of rotatable bonds is 2. The number of aryl methyl sites for hydroxylation is 1. The van der Waals surface area contributed by atoms with E-state index in [-0.39, 0.29) is 0 Å². The van der Waals surface area contributed by atoms with Crippen LogP contribution in [-0.4, -0.2) is 31.1 Å². The standard InChI is InChI=1S/C13H18ClNO.C2H6/c1-10-3-4-13(12(14)9-10)16-11-5-7-15(2)8-6-11;1-2/h3-4,9,11H,5-8H2,1-2H3;1-2H3. The van der Waals surface area contributed by atoms with Crippen LogP contribution in [0.15, 0.2) is 18.2 Å². The highest BCUT2D eigenvalue weighted by Crippen LogP contribution is 2.27. The van der Waals surface area contributed by atoms with Gasteiger partial charge in [0, 0.05) is 13.1 Å². The van der Waals surface area contributed by atoms with Crippen LogP contribution in [-0.2, 0) is 0 Å². The Morgan fingerprint density at radius 1 is 1.22 bits per heavy atom. The van der Waals surface area contributed by atoms with Crippen molar-refractivity contribution in [1.82, 2.24) is 4.90 Å². The zero-order valence-electron chi connectivity index (χ0n) is 11.9. The molecule has 0 amide bonds. The molecule has 1 fully saturated rings. The van der Waals surface area contributed by atoms with E-state index in [4.69, 9.17) is 16.3 Å². The van der Waals surface area contributed by atoms with Crippen molar-refractivity contribution in [2.75, 3.05) is 20.1 Å². The molecule has 2 nitrogen and oxygen atoms in total. The van der Waals surface area contributed by atoms with Crippen molar-refractivity contribution in [3.05, 3.63) is 28.8 Å². The van der Waals surface area contributed by atoms with Gasteiger partial charge in [0.1, 0.15) is 11.9 Å². The molecule has 0 radical (unpaired) electrons. The molecule has 0 N–H and O–H groups in total. The third kappa shape index (κ3) is 4.51. The molecule has 0 aliphatic carbocycles.